The molecule has 5 aromatic heterocycles. The number of anilines is 2. The molecule has 1 aromatic carbocycles. The number of imidazole rings is 1. The van der Waals surface area contributed by atoms with Crippen molar-refractivity contribution in [1.29, 1.82) is 5.26 Å². The number of nitriles is 1. The van der Waals surface area contributed by atoms with Gasteiger partial charge in [-0.3, -0.25) is 0 Å². The van der Waals surface area contributed by atoms with Gasteiger partial charge in [0.2, 0.25) is 0 Å². The molecular weight excluding hydrogens is 686 g/mol. The van der Waals surface area contributed by atoms with Gasteiger partial charge >= 0.3 is 258 Å². The van der Waals surface area contributed by atoms with Gasteiger partial charge in [-0.1, -0.05) is 0 Å². The van der Waals surface area contributed by atoms with Crippen LogP contribution >= 0.6 is 0 Å². The molecule has 4 N–H and O–H groups in total. The third-order valence-corrected chi connectivity index (χ3v) is 17.8. The molecule has 6 aromatic rings. The van der Waals surface area contributed by atoms with Gasteiger partial charge in [0.05, 0.1) is 0 Å². The zero-order valence-electron chi connectivity index (χ0n) is 24.8. The molecule has 46 heavy (non-hydrogen) atoms. The summed E-state index contributed by atoms with van der Waals surface area (Å²) in [5.41, 5.74) is 11.8. The van der Waals surface area contributed by atoms with Crippen LogP contribution in [-0.2, 0) is 4.18 Å². The van der Waals surface area contributed by atoms with Crippen LogP contribution < -0.4 is 11.1 Å². The number of fused-ring (bicyclic) bond motifs is 1. The number of nitrogens with one attached hydrogen (secondary N) is 1. The van der Waals surface area contributed by atoms with Crippen LogP contribution in [0, 0.1) is 17.1 Å². The zero-order chi connectivity index (χ0) is 30.8. The van der Waals surface area contributed by atoms with E-state index in [1.165, 1.54) is 30.4 Å². The van der Waals surface area contributed by atoms with Crippen molar-refractivity contribution in [3.8, 4) is 34.5 Å². The van der Waals surface area contributed by atoms with E-state index in [2.05, 4.69) is 49.5 Å². The standard InChI is InChI=1S/C23H16FN6.C10H12N4.In.H2O/c1-14-4-7-16(8-5-14)30-22(17-3-2-12-26-21(17)25)29-20-11-10-19(28-23(20)30)18-9-6-15(24)13-27-18;1-3-8(4-2)13-9-5-6-12-10(7-11)14-9;;/h2-13H,1H2,(H2,25,26);5-6,8H,1-4H2,(H,12,13,14);;1H2/p-1. The van der Waals surface area contributed by atoms with Crippen LogP contribution in [0.25, 0.3) is 39.6 Å². The molecule has 0 saturated carbocycles. The number of hydrogen-bond donors (Lipinski definition) is 2. The van der Waals surface area contributed by atoms with E-state index in [0.29, 0.717) is 45.8 Å². The Bertz CT molecular complexity index is 2020. The summed E-state index contributed by atoms with van der Waals surface area (Å²) in [5, 5.41) is 12.6. The summed E-state index contributed by atoms with van der Waals surface area (Å²) >= 11 is -1.75. The number of halogens is 1. The van der Waals surface area contributed by atoms with Crippen molar-refractivity contribution in [1.82, 2.24) is 34.5 Å². The second kappa shape index (κ2) is 13.6. The van der Waals surface area contributed by atoms with Gasteiger partial charge in [-0.25, -0.2) is 4.39 Å². The first-order valence-electron chi connectivity index (χ1n) is 14.9. The Morgan fingerprint density at radius 1 is 0.913 bits per heavy atom. The fraction of sp³-hybridized carbons (Fsp3) is 0.182. The molecule has 1 fully saturated rings. The van der Waals surface area contributed by atoms with Crippen LogP contribution in [0.4, 0.5) is 16.0 Å². The minimum Gasteiger partial charge on any atom is -0.870 e. The fourth-order valence-corrected chi connectivity index (χ4v) is 15.6. The van der Waals surface area contributed by atoms with Crippen molar-refractivity contribution >= 4 is 44.2 Å². The van der Waals surface area contributed by atoms with Gasteiger partial charge < -0.3 is 5.48 Å². The molecule has 0 aliphatic carbocycles. The van der Waals surface area contributed by atoms with E-state index in [9.17, 15) is 4.39 Å². The minimum atomic E-state index is -1.75. The maximum Gasteiger partial charge on any atom is -0.870 e. The quantitative estimate of drug-likeness (QED) is 0.212. The van der Waals surface area contributed by atoms with Gasteiger partial charge in [0.1, 0.15) is 5.82 Å². The Labute approximate surface area is 272 Å². The summed E-state index contributed by atoms with van der Waals surface area (Å²) in [6.45, 7) is 0. The summed E-state index contributed by atoms with van der Waals surface area (Å²) < 4.78 is 19.4. The molecule has 7 rings (SSSR count). The smallest absolute Gasteiger partial charge is 0.870 e. The predicted molar refractivity (Wildman–Crippen MR) is 174 cm³/mol. The largest absolute Gasteiger partial charge is 0.870 e. The Balaban J connectivity index is 0.00000372. The number of hydrogen-bond acceptors (Lipinski definition) is 10. The van der Waals surface area contributed by atoms with Gasteiger partial charge in [0, 0.05) is 0 Å². The van der Waals surface area contributed by atoms with Gasteiger partial charge in [-0.2, -0.15) is 0 Å². The molecule has 0 atom stereocenters. The van der Waals surface area contributed by atoms with Gasteiger partial charge in [0.15, 0.2) is 0 Å². The average Bonchev–Trinajstić information content (AvgIpc) is 3.45. The number of aromatic nitrogens is 7. The molecule has 0 unspecified atom stereocenters. The molecule has 228 valence electrons. The summed E-state index contributed by atoms with van der Waals surface area (Å²) in [6, 6.07) is 23.4. The van der Waals surface area contributed by atoms with Crippen LogP contribution in [0.2, 0.25) is 8.35 Å². The minimum absolute atomic E-state index is 0. The summed E-state index contributed by atoms with van der Waals surface area (Å²) in [6.07, 6.45) is 6.75. The number of nitrogens with zero attached hydrogens (tertiary/aromatic N) is 8. The molecule has 0 spiro atoms. The normalized spacial score (nSPS) is 13.3. The summed E-state index contributed by atoms with van der Waals surface area (Å²) in [4.78, 5) is 26.6. The Hall–Kier alpha value is -4.93. The number of nitrogens with two attached hydrogens (primary N) is 1. The third kappa shape index (κ3) is 6.54. The van der Waals surface area contributed by atoms with Crippen LogP contribution in [0.1, 0.15) is 24.2 Å². The van der Waals surface area contributed by atoms with Crippen LogP contribution in [-0.4, -0.2) is 67.4 Å². The van der Waals surface area contributed by atoms with Crippen molar-refractivity contribution in [3.63, 3.8) is 0 Å². The summed E-state index contributed by atoms with van der Waals surface area (Å²) in [7, 11) is 0. The average molecular weight is 715 g/mol. The van der Waals surface area contributed by atoms with E-state index >= 15 is 0 Å². The molecule has 0 radical (unpaired) electrons. The number of pyridine rings is 3. The first-order valence-corrected chi connectivity index (χ1v) is 21.8. The Kier molecular flexibility index (Phi) is 9.18. The van der Waals surface area contributed by atoms with Crippen LogP contribution in [0.3, 0.4) is 0 Å². The van der Waals surface area contributed by atoms with Crippen molar-refractivity contribution in [2.75, 3.05) is 11.1 Å². The van der Waals surface area contributed by atoms with E-state index in [1.54, 1.807) is 18.5 Å². The number of benzene rings is 1. The second-order valence-electron chi connectivity index (χ2n) is 11.2. The van der Waals surface area contributed by atoms with Crippen LogP contribution in [0.15, 0.2) is 85.3 Å². The molecule has 11 nitrogen and oxygen atoms in total. The maximum absolute atomic E-state index is 13.5. The molecular formula is C33H29FInN10O-. The van der Waals surface area contributed by atoms with E-state index < -0.39 is 27.3 Å². The van der Waals surface area contributed by atoms with Crippen molar-refractivity contribution < 1.29 is 9.87 Å². The monoisotopic (exact) mass is 715 g/mol. The predicted octanol–water partition coefficient (Wildman–Crippen LogP) is 5.60. The van der Waals surface area contributed by atoms with E-state index in [0.717, 1.165) is 24.3 Å². The summed E-state index contributed by atoms with van der Waals surface area (Å²) in [5.74, 6) is 1.56. The molecule has 1 saturated heterocycles. The first kappa shape index (κ1) is 31.1. The van der Waals surface area contributed by atoms with E-state index in [1.807, 2.05) is 41.0 Å². The van der Waals surface area contributed by atoms with Crippen molar-refractivity contribution in [2.45, 2.75) is 31.4 Å². The fourth-order valence-electron chi connectivity index (χ4n) is 5.99. The SMILES string of the molecule is N#Cc1nccc(NC2C[CH2][In]([CH2]c3ccc(-n4c(-c5cccnc5N)nc5ccc(-c6ccc(F)cn6)nc54)cc3)[CH2]C2)n1.[OH-]. The van der Waals surface area contributed by atoms with Crippen LogP contribution in [0.5, 0.6) is 0 Å². The first-order chi connectivity index (χ1) is 22.0. The van der Waals surface area contributed by atoms with Gasteiger partial charge in [0.25, 0.3) is 0 Å². The molecule has 0 bridgehead atoms. The van der Waals surface area contributed by atoms with E-state index in [-0.39, 0.29) is 11.3 Å². The number of nitrogen functional groups attached to an aromatic ring is 1. The molecule has 6 heterocycles. The molecule has 1 aliphatic heterocycles. The Morgan fingerprint density at radius 3 is 2.46 bits per heavy atom. The molecule has 13 heteroatoms. The molecule has 0 amide bonds. The Morgan fingerprint density at radius 2 is 1.72 bits per heavy atom. The third-order valence-electron chi connectivity index (χ3n) is 8.25. The maximum atomic E-state index is 13.5. The van der Waals surface area contributed by atoms with Crippen molar-refractivity contribution in [2.24, 2.45) is 0 Å². The topological polar surface area (TPSA) is 174 Å². The van der Waals surface area contributed by atoms with E-state index in [4.69, 9.17) is 21.0 Å². The number of rotatable bonds is 7. The molecule has 1 aliphatic rings. The van der Waals surface area contributed by atoms with Gasteiger partial charge in [-0.05, 0) is 0 Å². The zero-order valence-corrected chi connectivity index (χ0v) is 28.0. The van der Waals surface area contributed by atoms with Gasteiger partial charge in [-0.15, -0.1) is 0 Å². The second-order valence-corrected chi connectivity index (χ2v) is 20.6. The van der Waals surface area contributed by atoms with Crippen molar-refractivity contribution in [3.05, 3.63) is 103 Å².